The molecule has 0 unspecified atom stereocenters. The number of Topliss-reactive ketones (excluding diaryl/α,β-unsaturated/α-hetero) is 1. The van der Waals surface area contributed by atoms with Crippen molar-refractivity contribution in [2.75, 3.05) is 30.5 Å². The SMILES string of the molecule is C=CC[C@@H](CO)Nc1c([N+](=O)[O-])cc(C(=O)O)cc1[N+](=O)[O-].C=CC[C@@H](CO)Nc1c([N+](=O)[O-])cc(C(C)=O)cc1[N+](=O)[O-].C=CC[C@H](N)C(=O)O.C=CC[C@H](N)CO.O=C(O)c1cc([N+](=O)[O-])c(Cl)c([N+](=O)[O-])c1.S.S.S.S. The van der Waals surface area contributed by atoms with Crippen LogP contribution in [-0.2, 0) is 4.79 Å². The highest BCUT2D eigenvalue weighted by Crippen LogP contribution is 2.38. The number of carbonyl (C=O) groups is 4. The Morgan fingerprint density at radius 2 is 0.785 bits per heavy atom. The number of carbonyl (C=O) groups excluding carboxylic acids is 1. The van der Waals surface area contributed by atoms with Crippen LogP contribution in [0.4, 0.5) is 45.5 Å². The molecule has 3 aromatic carbocycles. The van der Waals surface area contributed by atoms with Gasteiger partial charge in [0.1, 0.15) is 6.04 Å². The maximum atomic E-state index is 11.4. The van der Waals surface area contributed by atoms with Gasteiger partial charge in [-0.25, -0.2) is 9.59 Å². The number of hydrogen-bond acceptors (Lipinski definition) is 23. The fourth-order valence-corrected chi connectivity index (χ4v) is 5.39. The van der Waals surface area contributed by atoms with E-state index in [-0.39, 0.29) is 90.7 Å². The lowest BCUT2D eigenvalue weighted by Crippen LogP contribution is -2.28. The molecule has 32 nitrogen and oxygen atoms in total. The van der Waals surface area contributed by atoms with Crippen LogP contribution in [0, 0.1) is 60.7 Å². The number of ketones is 1. The summed E-state index contributed by atoms with van der Waals surface area (Å²) >= 11 is 5.40. The summed E-state index contributed by atoms with van der Waals surface area (Å²) in [5.74, 6) is -4.54. The number of nitrogens with one attached hydrogen (secondary N) is 2. The topological polar surface area (TPSA) is 525 Å². The van der Waals surface area contributed by atoms with Crippen molar-refractivity contribution in [3.8, 4) is 0 Å². The van der Waals surface area contributed by atoms with Gasteiger partial charge in [-0.3, -0.25) is 70.3 Å². The number of rotatable bonds is 25. The molecule has 0 radical (unpaired) electrons. The Kier molecular flexibility index (Phi) is 44.1. The Bertz CT molecular complexity index is 2440. The summed E-state index contributed by atoms with van der Waals surface area (Å²) in [5.41, 5.74) is 3.92. The molecule has 0 amide bonds. The minimum absolute atomic E-state index is 0. The van der Waals surface area contributed by atoms with Crippen LogP contribution in [0.5, 0.6) is 0 Å². The summed E-state index contributed by atoms with van der Waals surface area (Å²) in [6.07, 6.45) is 7.54. The third-order valence-electron chi connectivity index (χ3n) is 8.79. The molecular weight excluding hydrogens is 1160 g/mol. The van der Waals surface area contributed by atoms with Crippen LogP contribution in [0.3, 0.4) is 0 Å². The van der Waals surface area contributed by atoms with Crippen LogP contribution >= 0.6 is 65.6 Å². The number of aliphatic carboxylic acids is 1. The summed E-state index contributed by atoms with van der Waals surface area (Å²) < 4.78 is 0. The molecule has 79 heavy (non-hydrogen) atoms. The Morgan fingerprint density at radius 1 is 0.519 bits per heavy atom. The number of hydrogen-bond donors (Lipinski definition) is 10. The number of aliphatic hydroxyl groups excluding tert-OH is 3. The average molecular weight is 1220 g/mol. The van der Waals surface area contributed by atoms with Crippen molar-refractivity contribution in [2.45, 2.75) is 56.8 Å². The molecule has 0 saturated heterocycles. The third kappa shape index (κ3) is 28.9. The Labute approximate surface area is 480 Å². The van der Waals surface area contributed by atoms with Crippen molar-refractivity contribution >= 4 is 135 Å². The monoisotopic (exact) mass is 1220 g/mol. The van der Waals surface area contributed by atoms with Gasteiger partial charge in [-0.1, -0.05) is 35.9 Å². The summed E-state index contributed by atoms with van der Waals surface area (Å²) in [6, 6.07) is 2.42. The third-order valence-corrected chi connectivity index (χ3v) is 9.18. The second-order valence-corrected chi connectivity index (χ2v) is 14.7. The lowest BCUT2D eigenvalue weighted by molar-refractivity contribution is -0.394. The first kappa shape index (κ1) is 82.5. The van der Waals surface area contributed by atoms with E-state index in [4.69, 9.17) is 43.5 Å². The summed E-state index contributed by atoms with van der Waals surface area (Å²) in [5, 5.41) is 122. The summed E-state index contributed by atoms with van der Waals surface area (Å²) in [7, 11) is 0. The average Bonchev–Trinajstić information content (AvgIpc) is 3.33. The number of benzene rings is 3. The van der Waals surface area contributed by atoms with Gasteiger partial charge in [0, 0.05) is 48.0 Å². The molecule has 0 aromatic heterocycles. The van der Waals surface area contributed by atoms with Gasteiger partial charge < -0.3 is 52.7 Å². The predicted molar refractivity (Wildman–Crippen MR) is 309 cm³/mol. The molecule has 4 atom stereocenters. The number of nitrogens with zero attached hydrogens (tertiary/aromatic N) is 6. The maximum Gasteiger partial charge on any atom is 0.336 e. The molecule has 0 saturated carbocycles. The largest absolute Gasteiger partial charge is 0.480 e. The highest BCUT2D eigenvalue weighted by molar-refractivity contribution is 7.59. The molecule has 0 spiro atoms. The second-order valence-electron chi connectivity index (χ2n) is 14.3. The number of carboxylic acids is 3. The van der Waals surface area contributed by atoms with E-state index < -0.39 is 141 Å². The number of nitro groups is 6. The first-order chi connectivity index (χ1) is 35.0. The standard InChI is InChI=1S/C13H15N3O6.C12H13N3O7.C7H3ClN2O6.C5H9NO2.C5H11NO.4H2S/c1-3-4-10(7-17)14-13-11(15(19)20)5-9(8(2)18)6-12(13)16(21)22;1-2-3-8(6-16)13-11-9(14(19)20)4-7(12(17)18)5-10(11)15(21)22;8-6-4(9(13)14)1-3(7(11)12)2-5(6)10(15)16;1-2-3-4(6)5(7)8;1-2-3-5(6)4-7;;;;/h3,5-6,10,14,17H,1,4,7H2,2H3;2,4-5,8,13,16H,1,3,6H2,(H,17,18);1-2H,(H,11,12);2,4H,1,3,6H2,(H,7,8);2,5,7H,1,3-4,6H2;4*1H2/t10-;8-;;4-;5-;;;;/m00.00..../s1. The van der Waals surface area contributed by atoms with E-state index in [1.54, 1.807) is 6.08 Å². The second kappa shape index (κ2) is 42.2. The number of carboxylic acid groups (broad SMARTS) is 3. The molecule has 3 rings (SSSR count). The molecule has 12 N–H and O–H groups in total. The van der Waals surface area contributed by atoms with Crippen LogP contribution in [0.1, 0.15) is 63.7 Å². The smallest absolute Gasteiger partial charge is 0.336 e. The molecule has 37 heteroatoms. The molecule has 0 aliphatic rings. The van der Waals surface area contributed by atoms with E-state index in [2.05, 4.69) is 36.9 Å². The predicted octanol–water partition coefficient (Wildman–Crippen LogP) is 5.77. The Hall–Kier alpha value is -7.81. The van der Waals surface area contributed by atoms with Crippen LogP contribution in [0.25, 0.3) is 0 Å². The summed E-state index contributed by atoms with van der Waals surface area (Å²) in [4.78, 5) is 103. The first-order valence-electron chi connectivity index (χ1n) is 20.5. The zero-order valence-electron chi connectivity index (χ0n) is 41.3. The Morgan fingerprint density at radius 3 is 0.962 bits per heavy atom. The van der Waals surface area contributed by atoms with Crippen molar-refractivity contribution in [3.05, 3.63) is 169 Å². The van der Waals surface area contributed by atoms with Crippen LogP contribution in [0.15, 0.2) is 87.0 Å². The van der Waals surface area contributed by atoms with Gasteiger partial charge in [0.2, 0.25) is 0 Å². The number of nitrogens with two attached hydrogens (primary N) is 2. The molecule has 440 valence electrons. The lowest BCUT2D eigenvalue weighted by atomic mass is 10.1. The zero-order valence-corrected chi connectivity index (χ0v) is 46.0. The molecule has 0 aliphatic carbocycles. The first-order valence-corrected chi connectivity index (χ1v) is 20.9. The molecule has 3 aromatic rings. The van der Waals surface area contributed by atoms with Gasteiger partial charge in [-0.2, -0.15) is 54.0 Å². The van der Waals surface area contributed by atoms with E-state index in [0.717, 1.165) is 31.2 Å². The molecule has 0 aliphatic heterocycles. The van der Waals surface area contributed by atoms with Crippen molar-refractivity contribution in [1.82, 2.24) is 0 Å². The fourth-order valence-electron chi connectivity index (χ4n) is 5.14. The number of aliphatic hydroxyl groups is 3. The van der Waals surface area contributed by atoms with Gasteiger partial charge in [0.05, 0.1) is 72.6 Å². The van der Waals surface area contributed by atoms with Crippen LogP contribution in [-0.4, -0.2) is 128 Å². The quantitative estimate of drug-likeness (QED) is 0.0208. The van der Waals surface area contributed by atoms with Gasteiger partial charge in [-0.05, 0) is 32.6 Å². The summed E-state index contributed by atoms with van der Waals surface area (Å²) in [6.45, 7) is 14.1. The maximum absolute atomic E-state index is 11.4. The van der Waals surface area contributed by atoms with Crippen molar-refractivity contribution in [3.63, 3.8) is 0 Å². The minimum atomic E-state index is -1.53. The molecule has 0 bridgehead atoms. The number of halogens is 1. The van der Waals surface area contributed by atoms with Crippen LogP contribution in [0.2, 0.25) is 5.02 Å². The van der Waals surface area contributed by atoms with E-state index in [1.165, 1.54) is 18.2 Å². The molecular formula is C42H59ClN10O22S4. The van der Waals surface area contributed by atoms with E-state index in [1.807, 2.05) is 0 Å². The molecule has 0 heterocycles. The fraction of sp³-hybridized carbons (Fsp3) is 0.286. The van der Waals surface area contributed by atoms with Gasteiger partial charge >= 0.3 is 17.9 Å². The van der Waals surface area contributed by atoms with E-state index >= 15 is 0 Å². The van der Waals surface area contributed by atoms with E-state index in [9.17, 15) is 90.1 Å². The van der Waals surface area contributed by atoms with Crippen molar-refractivity contribution in [1.29, 1.82) is 0 Å². The molecule has 0 fully saturated rings. The number of aromatic carboxylic acids is 2. The number of anilines is 2. The normalized spacial score (nSPS) is 10.9. The highest BCUT2D eigenvalue weighted by Gasteiger charge is 2.32. The minimum Gasteiger partial charge on any atom is -0.480 e. The zero-order chi connectivity index (χ0) is 58.4. The lowest BCUT2D eigenvalue weighted by Gasteiger charge is -2.16. The van der Waals surface area contributed by atoms with Crippen molar-refractivity contribution in [2.24, 2.45) is 11.5 Å². The number of nitro benzene ring substituents is 6. The van der Waals surface area contributed by atoms with Crippen LogP contribution < -0.4 is 22.1 Å². The van der Waals surface area contributed by atoms with Gasteiger partial charge in [0.25, 0.3) is 34.1 Å². The van der Waals surface area contributed by atoms with Crippen molar-refractivity contribution < 1.29 is 79.4 Å². The Balaban J connectivity index is -0.000000220. The highest BCUT2D eigenvalue weighted by atomic mass is 35.5. The van der Waals surface area contributed by atoms with Gasteiger partial charge in [0.15, 0.2) is 22.2 Å². The van der Waals surface area contributed by atoms with Gasteiger partial charge in [-0.15, -0.1) is 26.3 Å². The van der Waals surface area contributed by atoms with E-state index in [0.29, 0.717) is 25.0 Å².